The maximum atomic E-state index is 10.5. The van der Waals surface area contributed by atoms with Gasteiger partial charge in [-0.3, -0.25) is 4.79 Å². The van der Waals surface area contributed by atoms with Crippen LogP contribution in [0.1, 0.15) is 30.1 Å². The second kappa shape index (κ2) is 7.45. The van der Waals surface area contributed by atoms with Crippen molar-refractivity contribution in [2.45, 2.75) is 18.9 Å². The van der Waals surface area contributed by atoms with Gasteiger partial charge in [0.05, 0.1) is 6.61 Å². The highest BCUT2D eigenvalue weighted by Gasteiger charge is 2.14. The van der Waals surface area contributed by atoms with E-state index in [2.05, 4.69) is 0 Å². The van der Waals surface area contributed by atoms with Gasteiger partial charge in [-0.25, -0.2) is 0 Å². The predicted octanol–water partition coefficient (Wildman–Crippen LogP) is 3.01. The quantitative estimate of drug-likeness (QED) is 0.768. The lowest BCUT2D eigenvalue weighted by atomic mass is 10.0. The van der Waals surface area contributed by atoms with Crippen LogP contribution in [0.4, 0.5) is 0 Å². The molecule has 1 atom stereocenters. The van der Waals surface area contributed by atoms with E-state index < -0.39 is 12.1 Å². The fourth-order valence-electron chi connectivity index (χ4n) is 2.06. The number of benzene rings is 2. The lowest BCUT2D eigenvalue weighted by molar-refractivity contribution is -0.137. The van der Waals surface area contributed by atoms with Crippen LogP contribution in [-0.2, 0) is 4.79 Å². The molecule has 0 amide bonds. The van der Waals surface area contributed by atoms with Gasteiger partial charge in [0, 0.05) is 12.0 Å². The van der Waals surface area contributed by atoms with E-state index in [1.807, 2.05) is 48.5 Å². The molecule has 0 saturated carbocycles. The van der Waals surface area contributed by atoms with Crippen molar-refractivity contribution in [2.24, 2.45) is 0 Å². The van der Waals surface area contributed by atoms with Gasteiger partial charge >= 0.3 is 5.97 Å². The first-order valence-electron chi connectivity index (χ1n) is 6.85. The Labute approximate surface area is 123 Å². The predicted molar refractivity (Wildman–Crippen MR) is 79.3 cm³/mol. The van der Waals surface area contributed by atoms with Crippen molar-refractivity contribution >= 4 is 5.97 Å². The molecular weight excluding hydrogens is 268 g/mol. The zero-order valence-electron chi connectivity index (χ0n) is 11.6. The molecule has 21 heavy (non-hydrogen) atoms. The number of carbonyl (C=O) groups is 1. The molecule has 0 bridgehead atoms. The Kier molecular flexibility index (Phi) is 5.35. The number of ether oxygens (including phenoxy) is 1. The summed E-state index contributed by atoms with van der Waals surface area (Å²) < 4.78 is 5.61. The van der Waals surface area contributed by atoms with Gasteiger partial charge in [0.1, 0.15) is 11.9 Å². The number of carboxylic acid groups (broad SMARTS) is 1. The Balaban J connectivity index is 2.08. The van der Waals surface area contributed by atoms with E-state index in [4.69, 9.17) is 9.84 Å². The first-order chi connectivity index (χ1) is 10.2. The SMILES string of the molecule is O=C(O)CCCOc1ccccc1C(O)c1ccccc1. The van der Waals surface area contributed by atoms with Crippen LogP contribution in [0, 0.1) is 0 Å². The average Bonchev–Trinajstić information content (AvgIpc) is 2.52. The van der Waals surface area contributed by atoms with E-state index in [0.717, 1.165) is 5.56 Å². The zero-order valence-corrected chi connectivity index (χ0v) is 11.6. The second-order valence-corrected chi connectivity index (χ2v) is 4.70. The van der Waals surface area contributed by atoms with Crippen LogP contribution in [0.25, 0.3) is 0 Å². The molecule has 2 aromatic rings. The van der Waals surface area contributed by atoms with Gasteiger partial charge in [-0.1, -0.05) is 48.5 Å². The van der Waals surface area contributed by atoms with Crippen LogP contribution in [0.3, 0.4) is 0 Å². The molecule has 0 aromatic heterocycles. The summed E-state index contributed by atoms with van der Waals surface area (Å²) in [5, 5.41) is 19.0. The number of aliphatic hydroxyl groups excluding tert-OH is 1. The monoisotopic (exact) mass is 286 g/mol. The van der Waals surface area contributed by atoms with Crippen molar-refractivity contribution in [2.75, 3.05) is 6.61 Å². The van der Waals surface area contributed by atoms with Gasteiger partial charge in [-0.05, 0) is 18.1 Å². The zero-order chi connectivity index (χ0) is 15.1. The van der Waals surface area contributed by atoms with Crippen LogP contribution in [0.5, 0.6) is 5.75 Å². The second-order valence-electron chi connectivity index (χ2n) is 4.70. The van der Waals surface area contributed by atoms with Crippen molar-refractivity contribution in [1.29, 1.82) is 0 Å². The molecule has 0 fully saturated rings. The standard InChI is InChI=1S/C17H18O4/c18-16(19)11-6-12-21-15-10-5-4-9-14(15)17(20)13-7-2-1-3-8-13/h1-5,7-10,17,20H,6,11-12H2,(H,18,19). The van der Waals surface area contributed by atoms with Crippen LogP contribution < -0.4 is 4.74 Å². The van der Waals surface area contributed by atoms with E-state index in [0.29, 0.717) is 24.3 Å². The van der Waals surface area contributed by atoms with Crippen LogP contribution in [-0.4, -0.2) is 22.8 Å². The Morgan fingerprint density at radius 1 is 1.05 bits per heavy atom. The van der Waals surface area contributed by atoms with E-state index in [9.17, 15) is 9.90 Å². The van der Waals surface area contributed by atoms with Gasteiger partial charge < -0.3 is 14.9 Å². The molecule has 0 radical (unpaired) electrons. The van der Waals surface area contributed by atoms with E-state index in [1.165, 1.54) is 0 Å². The fraction of sp³-hybridized carbons (Fsp3) is 0.235. The summed E-state index contributed by atoms with van der Waals surface area (Å²) in [5.41, 5.74) is 1.47. The third-order valence-electron chi connectivity index (χ3n) is 3.12. The summed E-state index contributed by atoms with van der Waals surface area (Å²) in [5.74, 6) is -0.254. The van der Waals surface area contributed by atoms with Crippen LogP contribution >= 0.6 is 0 Å². The number of aliphatic hydroxyl groups is 1. The summed E-state index contributed by atoms with van der Waals surface area (Å²) in [6.45, 7) is 0.310. The van der Waals surface area contributed by atoms with Gasteiger partial charge in [-0.15, -0.1) is 0 Å². The summed E-state index contributed by atoms with van der Waals surface area (Å²) in [4.78, 5) is 10.5. The molecule has 2 N–H and O–H groups in total. The normalized spacial score (nSPS) is 11.9. The number of hydrogen-bond acceptors (Lipinski definition) is 3. The summed E-state index contributed by atoms with van der Waals surface area (Å²) >= 11 is 0. The molecule has 0 saturated heterocycles. The molecule has 4 nitrogen and oxygen atoms in total. The average molecular weight is 286 g/mol. The molecule has 0 heterocycles. The molecule has 4 heteroatoms. The van der Waals surface area contributed by atoms with E-state index in [1.54, 1.807) is 6.07 Å². The van der Waals surface area contributed by atoms with E-state index in [-0.39, 0.29) is 6.42 Å². The molecule has 1 unspecified atom stereocenters. The molecule has 2 rings (SSSR count). The van der Waals surface area contributed by atoms with Crippen molar-refractivity contribution in [1.82, 2.24) is 0 Å². The maximum Gasteiger partial charge on any atom is 0.303 e. The number of hydrogen-bond donors (Lipinski definition) is 2. The van der Waals surface area contributed by atoms with E-state index >= 15 is 0 Å². The first kappa shape index (κ1) is 15.1. The fourth-order valence-corrected chi connectivity index (χ4v) is 2.06. The minimum atomic E-state index is -0.837. The lowest BCUT2D eigenvalue weighted by Gasteiger charge is -2.16. The number of para-hydroxylation sites is 1. The molecule has 110 valence electrons. The molecular formula is C17H18O4. The van der Waals surface area contributed by atoms with Gasteiger partial charge in [0.15, 0.2) is 0 Å². The summed E-state index contributed by atoms with van der Waals surface area (Å²) in [6.07, 6.45) is -0.254. The van der Waals surface area contributed by atoms with Crippen molar-refractivity contribution in [3.8, 4) is 5.75 Å². The molecule has 0 aliphatic heterocycles. The Morgan fingerprint density at radius 2 is 1.71 bits per heavy atom. The largest absolute Gasteiger partial charge is 0.493 e. The maximum absolute atomic E-state index is 10.5. The number of aliphatic carboxylic acids is 1. The number of rotatable bonds is 7. The minimum absolute atomic E-state index is 0.0728. The highest BCUT2D eigenvalue weighted by atomic mass is 16.5. The Bertz CT molecular complexity index is 580. The van der Waals surface area contributed by atoms with Crippen molar-refractivity contribution in [3.05, 3.63) is 65.7 Å². The van der Waals surface area contributed by atoms with Crippen LogP contribution in [0.15, 0.2) is 54.6 Å². The number of carboxylic acids is 1. The summed E-state index contributed by atoms with van der Waals surface area (Å²) in [6, 6.07) is 16.6. The van der Waals surface area contributed by atoms with Crippen molar-refractivity contribution < 1.29 is 19.7 Å². The Morgan fingerprint density at radius 3 is 2.43 bits per heavy atom. The topological polar surface area (TPSA) is 66.8 Å². The molecule has 0 aliphatic carbocycles. The highest BCUT2D eigenvalue weighted by molar-refractivity contribution is 5.66. The van der Waals surface area contributed by atoms with Crippen molar-refractivity contribution in [3.63, 3.8) is 0 Å². The third kappa shape index (κ3) is 4.33. The van der Waals surface area contributed by atoms with Gasteiger partial charge in [0.2, 0.25) is 0 Å². The minimum Gasteiger partial charge on any atom is -0.493 e. The lowest BCUT2D eigenvalue weighted by Crippen LogP contribution is -2.06. The molecule has 0 aliphatic rings. The van der Waals surface area contributed by atoms with Crippen LogP contribution in [0.2, 0.25) is 0 Å². The molecule has 2 aromatic carbocycles. The summed E-state index contributed by atoms with van der Waals surface area (Å²) in [7, 11) is 0. The third-order valence-corrected chi connectivity index (χ3v) is 3.12. The van der Waals surface area contributed by atoms with Gasteiger partial charge in [-0.2, -0.15) is 0 Å². The first-order valence-corrected chi connectivity index (χ1v) is 6.85. The van der Waals surface area contributed by atoms with Gasteiger partial charge in [0.25, 0.3) is 0 Å². The highest BCUT2D eigenvalue weighted by Crippen LogP contribution is 2.29. The smallest absolute Gasteiger partial charge is 0.303 e. The molecule has 0 spiro atoms. The Hall–Kier alpha value is -2.33.